The minimum atomic E-state index is -1.42. The van der Waals surface area contributed by atoms with Crippen LogP contribution in [0.25, 0.3) is 0 Å². The van der Waals surface area contributed by atoms with E-state index in [-0.39, 0.29) is 0 Å². The van der Waals surface area contributed by atoms with Crippen molar-refractivity contribution in [2.75, 3.05) is 26.2 Å². The predicted octanol–water partition coefficient (Wildman–Crippen LogP) is 1.40. The molecule has 1 N–H and O–H groups in total. The van der Waals surface area contributed by atoms with Gasteiger partial charge in [-0.25, -0.2) is 4.79 Å². The van der Waals surface area contributed by atoms with Gasteiger partial charge in [-0.05, 0) is 12.8 Å². The maximum atomic E-state index is 12.1. The average molecular weight is 397 g/mol. The first-order valence-corrected chi connectivity index (χ1v) is 9.43. The maximum absolute atomic E-state index is 12.1. The van der Waals surface area contributed by atoms with Crippen LogP contribution in [0.15, 0.2) is 0 Å². The highest BCUT2D eigenvalue weighted by Crippen LogP contribution is 2.28. The zero-order chi connectivity index (χ0) is 19.5. The van der Waals surface area contributed by atoms with E-state index in [9.17, 15) is 14.7 Å². The van der Waals surface area contributed by atoms with Crippen molar-refractivity contribution in [2.24, 2.45) is 0 Å². The number of ether oxygens (including phenoxy) is 5. The van der Waals surface area contributed by atoms with Gasteiger partial charge in [-0.2, -0.15) is 0 Å². The Balaban J connectivity index is 3.05. The van der Waals surface area contributed by atoms with E-state index in [2.05, 4.69) is 0 Å². The lowest BCUT2D eigenvalue weighted by Gasteiger charge is -2.42. The Morgan fingerprint density at radius 2 is 1.62 bits per heavy atom. The van der Waals surface area contributed by atoms with Gasteiger partial charge in [0.15, 0.2) is 18.5 Å². The molecule has 0 aromatic carbocycles. The van der Waals surface area contributed by atoms with Crippen LogP contribution < -0.4 is 0 Å². The van der Waals surface area contributed by atoms with Crippen molar-refractivity contribution in [1.29, 1.82) is 0 Å². The highest BCUT2D eigenvalue weighted by Gasteiger charge is 2.52. The first-order chi connectivity index (χ1) is 12.5. The fourth-order valence-electron chi connectivity index (χ4n) is 2.54. The lowest BCUT2D eigenvalue weighted by molar-refractivity contribution is -0.299. The molecule has 1 saturated heterocycles. The summed E-state index contributed by atoms with van der Waals surface area (Å²) in [6.45, 7) is 4.73. The zero-order valence-electron chi connectivity index (χ0n) is 15.5. The summed E-state index contributed by atoms with van der Waals surface area (Å²) < 4.78 is 26.9. The number of halogens is 1. The van der Waals surface area contributed by atoms with E-state index < -0.39 is 48.5 Å². The Kier molecular flexibility index (Phi) is 11.1. The fourth-order valence-corrected chi connectivity index (χ4v) is 2.60. The summed E-state index contributed by atoms with van der Waals surface area (Å²) in [7, 11) is 1.18. The minimum absolute atomic E-state index is 0.352. The van der Waals surface area contributed by atoms with Crippen LogP contribution in [0.4, 0.5) is 0 Å². The highest BCUT2D eigenvalue weighted by molar-refractivity contribution is 6.26. The molecule has 0 saturated carbocycles. The predicted molar refractivity (Wildman–Crippen MR) is 92.8 cm³/mol. The number of carbonyl (C=O) groups excluding carboxylic acids is 2. The van der Waals surface area contributed by atoms with Crippen LogP contribution in [-0.2, 0) is 33.3 Å². The third-order valence-corrected chi connectivity index (χ3v) is 4.16. The van der Waals surface area contributed by atoms with Crippen molar-refractivity contribution in [3.63, 3.8) is 0 Å². The molecule has 0 aromatic rings. The van der Waals surface area contributed by atoms with Gasteiger partial charge >= 0.3 is 11.9 Å². The maximum Gasteiger partial charge on any atom is 0.339 e. The van der Waals surface area contributed by atoms with Gasteiger partial charge < -0.3 is 28.8 Å². The first kappa shape index (κ1) is 23.1. The molecule has 0 radical (unpaired) electrons. The molecule has 2 unspecified atom stereocenters. The van der Waals surface area contributed by atoms with Gasteiger partial charge in [0.1, 0.15) is 18.1 Å². The van der Waals surface area contributed by atoms with Gasteiger partial charge in [0.05, 0.1) is 7.11 Å². The monoisotopic (exact) mass is 396 g/mol. The molecule has 9 heteroatoms. The van der Waals surface area contributed by atoms with Crippen molar-refractivity contribution < 1.29 is 38.4 Å². The van der Waals surface area contributed by atoms with Crippen LogP contribution in [0.5, 0.6) is 0 Å². The van der Waals surface area contributed by atoms with Crippen LogP contribution in [-0.4, -0.2) is 74.0 Å². The van der Waals surface area contributed by atoms with Crippen LogP contribution in [0.1, 0.15) is 39.5 Å². The molecule has 0 amide bonds. The summed E-state index contributed by atoms with van der Waals surface area (Å²) in [5.41, 5.74) is 0. The van der Waals surface area contributed by atoms with Gasteiger partial charge in [-0.3, -0.25) is 4.79 Å². The number of hydrogen-bond donors (Lipinski definition) is 1. The lowest BCUT2D eigenvalue weighted by atomic mass is 9.98. The van der Waals surface area contributed by atoms with E-state index in [1.165, 1.54) is 7.11 Å². The number of aliphatic hydroxyl groups is 1. The quantitative estimate of drug-likeness (QED) is 0.318. The summed E-state index contributed by atoms with van der Waals surface area (Å²) in [5.74, 6) is -1.91. The second kappa shape index (κ2) is 12.5. The van der Waals surface area contributed by atoms with E-state index >= 15 is 0 Å². The summed E-state index contributed by atoms with van der Waals surface area (Å²) in [6.07, 6.45) is -2.37. The largest absolute Gasteiger partial charge is 0.467 e. The minimum Gasteiger partial charge on any atom is -0.467 e. The molecule has 1 aliphatic heterocycles. The Morgan fingerprint density at radius 3 is 2.12 bits per heavy atom. The van der Waals surface area contributed by atoms with Gasteiger partial charge in [0, 0.05) is 13.2 Å². The third-order valence-electron chi connectivity index (χ3n) is 3.94. The third kappa shape index (κ3) is 6.66. The average Bonchev–Trinajstić information content (AvgIpc) is 2.64. The molecule has 8 nitrogen and oxygen atoms in total. The van der Waals surface area contributed by atoms with Crippen LogP contribution >= 0.6 is 11.6 Å². The molecule has 0 aliphatic carbocycles. The summed E-state index contributed by atoms with van der Waals surface area (Å²) in [6, 6.07) is 0. The molecule has 5 atom stereocenters. The van der Waals surface area contributed by atoms with Crippen LogP contribution in [0.2, 0.25) is 0 Å². The molecule has 1 rings (SSSR count). The van der Waals surface area contributed by atoms with Crippen molar-refractivity contribution in [2.45, 2.75) is 70.2 Å². The number of unbranched alkanes of at least 4 members (excludes halogenated alkanes) is 2. The molecule has 0 spiro atoms. The molecule has 26 heavy (non-hydrogen) atoms. The summed E-state index contributed by atoms with van der Waals surface area (Å²) in [5, 5.41) is 10.3. The van der Waals surface area contributed by atoms with Gasteiger partial charge in [-0.1, -0.05) is 26.7 Å². The number of carbonyl (C=O) groups is 2. The van der Waals surface area contributed by atoms with Crippen LogP contribution in [0.3, 0.4) is 0 Å². The zero-order valence-corrected chi connectivity index (χ0v) is 16.3. The first-order valence-electron chi connectivity index (χ1n) is 8.90. The van der Waals surface area contributed by atoms with Crippen LogP contribution in [0, 0.1) is 0 Å². The van der Waals surface area contributed by atoms with E-state index in [4.69, 9.17) is 35.3 Å². The van der Waals surface area contributed by atoms with Crippen molar-refractivity contribution in [3.8, 4) is 0 Å². The van der Waals surface area contributed by atoms with Gasteiger partial charge in [0.25, 0.3) is 0 Å². The molecule has 0 bridgehead atoms. The lowest BCUT2D eigenvalue weighted by Crippen LogP contribution is -2.63. The van der Waals surface area contributed by atoms with E-state index in [1.54, 1.807) is 0 Å². The Labute approximate surface area is 159 Å². The highest BCUT2D eigenvalue weighted by atomic mass is 35.5. The van der Waals surface area contributed by atoms with Gasteiger partial charge in [-0.15, -0.1) is 11.6 Å². The van der Waals surface area contributed by atoms with Crippen molar-refractivity contribution in [1.82, 2.24) is 0 Å². The molecular formula is C17H29ClO8. The smallest absolute Gasteiger partial charge is 0.339 e. The topological polar surface area (TPSA) is 101 Å². The second-order valence-corrected chi connectivity index (χ2v) is 6.20. The number of hydrogen-bond acceptors (Lipinski definition) is 8. The van der Waals surface area contributed by atoms with Gasteiger partial charge in [0.2, 0.25) is 0 Å². The summed E-state index contributed by atoms with van der Waals surface area (Å²) in [4.78, 5) is 23.8. The molecular weight excluding hydrogens is 368 g/mol. The number of aliphatic hydroxyl groups excluding tert-OH is 1. The molecule has 0 aromatic heterocycles. The fraction of sp³-hybridized carbons (Fsp3) is 0.882. The number of esters is 2. The van der Waals surface area contributed by atoms with E-state index in [0.29, 0.717) is 13.2 Å². The van der Waals surface area contributed by atoms with Crippen molar-refractivity contribution in [3.05, 3.63) is 0 Å². The standard InChI is InChI=1S/C17H29ClO8/c1-4-6-8-23-12-13(25-11(19)10-18)15(16(20)22-3)26-17(21)14(12)24-9-7-5-2/h12-15,17,21H,4-10H2,1-3H3/t12-,13-,14?,15?,17+/m0/s1. The molecule has 1 aliphatic rings. The Hall–Kier alpha value is -0.930. The van der Waals surface area contributed by atoms with E-state index in [0.717, 1.165) is 25.7 Å². The second-order valence-electron chi connectivity index (χ2n) is 5.94. The molecule has 1 heterocycles. The summed E-state index contributed by atoms with van der Waals surface area (Å²) >= 11 is 5.52. The number of methoxy groups -OCH3 is 1. The van der Waals surface area contributed by atoms with Crippen molar-refractivity contribution >= 4 is 23.5 Å². The Bertz CT molecular complexity index is 433. The molecule has 1 fully saturated rings. The van der Waals surface area contributed by atoms with E-state index in [1.807, 2.05) is 13.8 Å². The normalized spacial score (nSPS) is 28.6. The SMILES string of the molecule is CCCCOC1[C@H](O)OC(C(=O)OC)[C@@H](OC(=O)CCl)[C@@H]1OCCCC. The Morgan fingerprint density at radius 1 is 1.04 bits per heavy atom. The number of rotatable bonds is 11. The number of alkyl halides is 1. The molecule has 152 valence electrons.